The third-order valence-corrected chi connectivity index (χ3v) is 5.92. The molecule has 1 atom stereocenters. The molecule has 5 nitrogen and oxygen atoms in total. The van der Waals surface area contributed by atoms with Crippen LogP contribution in [-0.2, 0) is 16.0 Å². The Kier molecular flexibility index (Phi) is 6.22. The maximum atomic E-state index is 13.6. The zero-order chi connectivity index (χ0) is 22.0. The lowest BCUT2D eigenvalue weighted by molar-refractivity contribution is -0.139. The third kappa shape index (κ3) is 4.71. The minimum atomic E-state index is -1.23. The molecular weight excluding hydrogens is 512 g/mol. The number of hydrogen-bond donors (Lipinski definition) is 2. The number of hydrogen-bond acceptors (Lipinski definition) is 3. The second kappa shape index (κ2) is 9.05. The molecule has 0 saturated carbocycles. The fourth-order valence-electron chi connectivity index (χ4n) is 3.95. The maximum Gasteiger partial charge on any atom is 0.407 e. The summed E-state index contributed by atoms with van der Waals surface area (Å²) in [6.45, 7) is 0.0874. The number of fused-ring (bicyclic) bond motifs is 3. The van der Waals surface area contributed by atoms with Gasteiger partial charge in [0.1, 0.15) is 18.5 Å². The molecule has 0 bridgehead atoms. The van der Waals surface area contributed by atoms with E-state index in [0.29, 0.717) is 9.13 Å². The van der Waals surface area contributed by atoms with E-state index in [4.69, 9.17) is 4.74 Å². The molecule has 1 aliphatic rings. The van der Waals surface area contributed by atoms with Gasteiger partial charge in [0.2, 0.25) is 0 Å². The Bertz CT molecular complexity index is 1080. The number of carboxylic acid groups (broad SMARTS) is 1. The second-order valence-electron chi connectivity index (χ2n) is 7.34. The molecule has 0 aromatic heterocycles. The van der Waals surface area contributed by atoms with Gasteiger partial charge in [-0.15, -0.1) is 0 Å². The molecule has 7 heteroatoms. The largest absolute Gasteiger partial charge is 0.480 e. The number of carbonyl (C=O) groups is 2. The Labute approximate surface area is 192 Å². The van der Waals surface area contributed by atoms with Gasteiger partial charge >= 0.3 is 12.1 Å². The van der Waals surface area contributed by atoms with Crippen molar-refractivity contribution in [2.24, 2.45) is 0 Å². The summed E-state index contributed by atoms with van der Waals surface area (Å²) in [5, 5.41) is 11.9. The van der Waals surface area contributed by atoms with Gasteiger partial charge in [0.25, 0.3) is 0 Å². The molecule has 3 aromatic rings. The fourth-order valence-corrected chi connectivity index (χ4v) is 4.64. The van der Waals surface area contributed by atoms with Crippen molar-refractivity contribution >= 4 is 34.7 Å². The quantitative estimate of drug-likeness (QED) is 0.441. The minimum Gasteiger partial charge on any atom is -0.480 e. The lowest BCUT2D eigenvalue weighted by Crippen LogP contribution is -2.43. The summed E-state index contributed by atoms with van der Waals surface area (Å²) in [5.74, 6) is -1.79. The average molecular weight is 531 g/mol. The first-order valence-corrected chi connectivity index (χ1v) is 10.8. The molecule has 1 amide bonds. The molecule has 0 heterocycles. The van der Waals surface area contributed by atoms with E-state index < -0.39 is 23.9 Å². The number of benzene rings is 3. The monoisotopic (exact) mass is 531 g/mol. The molecule has 1 unspecified atom stereocenters. The first-order valence-electron chi connectivity index (χ1n) is 9.71. The summed E-state index contributed by atoms with van der Waals surface area (Å²) in [4.78, 5) is 24.0. The van der Waals surface area contributed by atoms with Crippen LogP contribution in [0.25, 0.3) is 11.1 Å². The van der Waals surface area contributed by atoms with Crippen molar-refractivity contribution in [3.8, 4) is 11.1 Å². The van der Waals surface area contributed by atoms with Crippen LogP contribution in [0.5, 0.6) is 0 Å². The fraction of sp³-hybridized carbons (Fsp3) is 0.167. The van der Waals surface area contributed by atoms with E-state index in [9.17, 15) is 19.1 Å². The molecule has 158 valence electrons. The molecule has 0 spiro atoms. The number of alkyl carbamates (subject to hydrolysis) is 1. The molecule has 0 fully saturated rings. The summed E-state index contributed by atoms with van der Waals surface area (Å²) in [6, 6.07) is 19.0. The van der Waals surface area contributed by atoms with Crippen molar-refractivity contribution in [1.82, 2.24) is 5.32 Å². The van der Waals surface area contributed by atoms with E-state index in [1.54, 1.807) is 6.07 Å². The molecule has 0 aliphatic heterocycles. The smallest absolute Gasteiger partial charge is 0.407 e. The molecule has 3 aromatic carbocycles. The van der Waals surface area contributed by atoms with Crippen LogP contribution in [-0.4, -0.2) is 29.8 Å². The standard InChI is InChI=1S/C24H19FINO4/c25-15-9-14(10-16(26)12-15)11-22(23(28)29)27-24(30)31-13-21-19-7-3-1-5-17(19)18-6-2-4-8-20(18)21/h1-10,12,21-22H,11,13H2,(H,27,30)(H,28,29). The molecule has 2 N–H and O–H groups in total. The lowest BCUT2D eigenvalue weighted by atomic mass is 9.98. The maximum absolute atomic E-state index is 13.6. The second-order valence-corrected chi connectivity index (χ2v) is 8.59. The van der Waals surface area contributed by atoms with E-state index in [-0.39, 0.29) is 18.9 Å². The van der Waals surface area contributed by atoms with Crippen LogP contribution in [0.15, 0.2) is 66.7 Å². The highest BCUT2D eigenvalue weighted by molar-refractivity contribution is 14.1. The number of nitrogens with one attached hydrogen (secondary N) is 1. The molecule has 0 saturated heterocycles. The third-order valence-electron chi connectivity index (χ3n) is 5.30. The van der Waals surface area contributed by atoms with E-state index in [1.807, 2.05) is 71.1 Å². The van der Waals surface area contributed by atoms with Gasteiger partial charge in [-0.2, -0.15) is 0 Å². The van der Waals surface area contributed by atoms with E-state index in [1.165, 1.54) is 12.1 Å². The number of carboxylic acids is 1. The zero-order valence-corrected chi connectivity index (χ0v) is 18.5. The first kappa shape index (κ1) is 21.3. The van der Waals surface area contributed by atoms with E-state index >= 15 is 0 Å². The van der Waals surface area contributed by atoms with Gasteiger partial charge in [-0.3, -0.25) is 0 Å². The normalized spacial score (nSPS) is 13.2. The Morgan fingerprint density at radius 2 is 1.65 bits per heavy atom. The number of aliphatic carboxylic acids is 1. The van der Waals surface area contributed by atoms with Gasteiger partial charge in [-0.1, -0.05) is 48.5 Å². The Hall–Kier alpha value is -2.94. The number of halogens is 2. The van der Waals surface area contributed by atoms with Crippen molar-refractivity contribution in [2.45, 2.75) is 18.4 Å². The SMILES string of the molecule is O=C(NC(Cc1cc(F)cc(I)c1)C(=O)O)OCC1c2ccccc2-c2ccccc21. The first-order chi connectivity index (χ1) is 14.9. The summed E-state index contributed by atoms with van der Waals surface area (Å²) >= 11 is 1.96. The van der Waals surface area contributed by atoms with Crippen LogP contribution >= 0.6 is 22.6 Å². The summed E-state index contributed by atoms with van der Waals surface area (Å²) in [7, 11) is 0. The van der Waals surface area contributed by atoms with Crippen molar-refractivity contribution in [3.05, 3.63) is 92.8 Å². The Morgan fingerprint density at radius 1 is 1.03 bits per heavy atom. The van der Waals surface area contributed by atoms with Crippen molar-refractivity contribution in [1.29, 1.82) is 0 Å². The van der Waals surface area contributed by atoms with Gasteiger partial charge in [0, 0.05) is 15.9 Å². The van der Waals surface area contributed by atoms with E-state index in [0.717, 1.165) is 22.3 Å². The van der Waals surface area contributed by atoms with Crippen LogP contribution in [0, 0.1) is 9.39 Å². The Morgan fingerprint density at radius 3 is 2.23 bits per heavy atom. The predicted octanol–water partition coefficient (Wildman–Crippen LogP) is 4.96. The van der Waals surface area contributed by atoms with Crippen LogP contribution in [0.2, 0.25) is 0 Å². The molecule has 1 aliphatic carbocycles. The topological polar surface area (TPSA) is 75.6 Å². The zero-order valence-electron chi connectivity index (χ0n) is 16.3. The van der Waals surface area contributed by atoms with Crippen molar-refractivity contribution < 1.29 is 23.8 Å². The van der Waals surface area contributed by atoms with Gasteiger partial charge in [0.15, 0.2) is 0 Å². The van der Waals surface area contributed by atoms with Crippen LogP contribution in [0.1, 0.15) is 22.6 Å². The highest BCUT2D eigenvalue weighted by Gasteiger charge is 2.29. The van der Waals surface area contributed by atoms with Crippen LogP contribution < -0.4 is 5.32 Å². The number of amides is 1. The van der Waals surface area contributed by atoms with Gasteiger partial charge < -0.3 is 15.2 Å². The van der Waals surface area contributed by atoms with Gasteiger partial charge in [-0.05, 0) is 68.6 Å². The van der Waals surface area contributed by atoms with E-state index in [2.05, 4.69) is 5.32 Å². The Balaban J connectivity index is 1.44. The molecule has 0 radical (unpaired) electrons. The minimum absolute atomic E-state index is 0.0483. The number of carbonyl (C=O) groups excluding carboxylic acids is 1. The summed E-state index contributed by atoms with van der Waals surface area (Å²) in [5.41, 5.74) is 4.84. The van der Waals surface area contributed by atoms with Crippen molar-refractivity contribution in [3.63, 3.8) is 0 Å². The number of rotatable bonds is 6. The average Bonchev–Trinajstić information content (AvgIpc) is 3.05. The van der Waals surface area contributed by atoms with Crippen LogP contribution in [0.3, 0.4) is 0 Å². The molecule has 4 rings (SSSR count). The van der Waals surface area contributed by atoms with Gasteiger partial charge in [-0.25, -0.2) is 14.0 Å². The molecular formula is C24H19FINO4. The van der Waals surface area contributed by atoms with Gasteiger partial charge in [0.05, 0.1) is 0 Å². The summed E-state index contributed by atoms with van der Waals surface area (Å²) in [6.07, 6.45) is -0.867. The molecule has 31 heavy (non-hydrogen) atoms. The highest BCUT2D eigenvalue weighted by Crippen LogP contribution is 2.44. The number of ether oxygens (including phenoxy) is 1. The predicted molar refractivity (Wildman–Crippen MR) is 122 cm³/mol. The highest BCUT2D eigenvalue weighted by atomic mass is 127. The van der Waals surface area contributed by atoms with Crippen LogP contribution in [0.4, 0.5) is 9.18 Å². The lowest BCUT2D eigenvalue weighted by Gasteiger charge is -2.17. The summed E-state index contributed by atoms with van der Waals surface area (Å²) < 4.78 is 19.7. The van der Waals surface area contributed by atoms with Crippen molar-refractivity contribution in [2.75, 3.05) is 6.61 Å².